The summed E-state index contributed by atoms with van der Waals surface area (Å²) in [5.41, 5.74) is 0. The molecule has 0 bridgehead atoms. The Morgan fingerprint density at radius 1 is 1.50 bits per heavy atom. The second kappa shape index (κ2) is 3.13. The van der Waals surface area contributed by atoms with Crippen LogP contribution < -0.4 is 4.84 Å². The van der Waals surface area contributed by atoms with Gasteiger partial charge < -0.3 is 9.25 Å². The van der Waals surface area contributed by atoms with Crippen molar-refractivity contribution < 1.29 is 9.25 Å². The second-order valence-corrected chi connectivity index (χ2v) is 2.26. The standard InChI is InChI=1S/C8H8N2O2/c1-3-8(11-6-1)7-12-10-5-2-4-9-10/h1-6H,7H2. The molecule has 0 aliphatic heterocycles. The molecule has 0 unspecified atom stereocenters. The summed E-state index contributed by atoms with van der Waals surface area (Å²) in [4.78, 5) is 6.59. The smallest absolute Gasteiger partial charge is 0.174 e. The van der Waals surface area contributed by atoms with Crippen molar-refractivity contribution in [3.05, 3.63) is 42.6 Å². The molecule has 0 amide bonds. The van der Waals surface area contributed by atoms with Crippen molar-refractivity contribution in [1.82, 2.24) is 9.94 Å². The number of nitrogens with zero attached hydrogens (tertiary/aromatic N) is 2. The highest BCUT2D eigenvalue weighted by molar-refractivity contribution is 4.96. The van der Waals surface area contributed by atoms with E-state index >= 15 is 0 Å². The van der Waals surface area contributed by atoms with Crippen LogP contribution in [0.25, 0.3) is 0 Å². The maximum absolute atomic E-state index is 5.20. The lowest BCUT2D eigenvalue weighted by Crippen LogP contribution is -2.10. The van der Waals surface area contributed by atoms with Gasteiger partial charge in [0.15, 0.2) is 6.61 Å². The van der Waals surface area contributed by atoms with Crippen LogP contribution in [0.1, 0.15) is 5.76 Å². The quantitative estimate of drug-likeness (QED) is 0.682. The zero-order valence-corrected chi connectivity index (χ0v) is 6.38. The predicted octanol–water partition coefficient (Wildman–Crippen LogP) is 1.10. The Morgan fingerprint density at radius 3 is 3.17 bits per heavy atom. The van der Waals surface area contributed by atoms with Gasteiger partial charge in [-0.1, -0.05) is 0 Å². The summed E-state index contributed by atoms with van der Waals surface area (Å²) in [5.74, 6) is 0.783. The highest BCUT2D eigenvalue weighted by Crippen LogP contribution is 1.99. The topological polar surface area (TPSA) is 40.2 Å². The first-order valence-corrected chi connectivity index (χ1v) is 3.60. The third kappa shape index (κ3) is 1.47. The molecule has 0 atom stereocenters. The zero-order chi connectivity index (χ0) is 8.23. The fourth-order valence-corrected chi connectivity index (χ4v) is 0.856. The highest BCUT2D eigenvalue weighted by atomic mass is 16.7. The van der Waals surface area contributed by atoms with Gasteiger partial charge >= 0.3 is 0 Å². The predicted molar refractivity (Wildman–Crippen MR) is 41.2 cm³/mol. The van der Waals surface area contributed by atoms with Crippen LogP contribution in [-0.4, -0.2) is 9.94 Å². The van der Waals surface area contributed by atoms with Crippen LogP contribution in [0.5, 0.6) is 0 Å². The van der Waals surface area contributed by atoms with E-state index in [1.54, 1.807) is 24.7 Å². The molecule has 0 fully saturated rings. The van der Waals surface area contributed by atoms with E-state index < -0.39 is 0 Å². The van der Waals surface area contributed by atoms with Gasteiger partial charge in [-0.05, 0) is 18.2 Å². The lowest BCUT2D eigenvalue weighted by atomic mass is 10.5. The molecule has 0 aromatic carbocycles. The minimum atomic E-state index is 0.397. The normalized spacial score (nSPS) is 10.0. The van der Waals surface area contributed by atoms with E-state index in [0.717, 1.165) is 5.76 Å². The maximum atomic E-state index is 5.20. The van der Waals surface area contributed by atoms with Crippen LogP contribution in [0.3, 0.4) is 0 Å². The average molecular weight is 164 g/mol. The molecule has 62 valence electrons. The molecule has 0 N–H and O–H groups in total. The lowest BCUT2D eigenvalue weighted by molar-refractivity contribution is 0.0594. The highest BCUT2D eigenvalue weighted by Gasteiger charge is 1.95. The van der Waals surface area contributed by atoms with Crippen LogP contribution >= 0.6 is 0 Å². The van der Waals surface area contributed by atoms with E-state index in [1.165, 1.54) is 4.85 Å². The lowest BCUT2D eigenvalue weighted by Gasteiger charge is -2.00. The van der Waals surface area contributed by atoms with Crippen LogP contribution in [0.2, 0.25) is 0 Å². The molecule has 2 rings (SSSR count). The van der Waals surface area contributed by atoms with E-state index in [2.05, 4.69) is 5.10 Å². The Morgan fingerprint density at radius 2 is 2.50 bits per heavy atom. The number of hydrogen-bond acceptors (Lipinski definition) is 3. The van der Waals surface area contributed by atoms with Gasteiger partial charge in [-0.3, -0.25) is 0 Å². The van der Waals surface area contributed by atoms with Crippen molar-refractivity contribution in [2.75, 3.05) is 0 Å². The van der Waals surface area contributed by atoms with Crippen molar-refractivity contribution >= 4 is 0 Å². The van der Waals surface area contributed by atoms with Crippen LogP contribution in [0.4, 0.5) is 0 Å². The van der Waals surface area contributed by atoms with Gasteiger partial charge in [-0.2, -0.15) is 0 Å². The molecule has 0 spiro atoms. The summed E-state index contributed by atoms with van der Waals surface area (Å²) >= 11 is 0. The summed E-state index contributed by atoms with van der Waals surface area (Å²) in [6.07, 6.45) is 4.99. The van der Waals surface area contributed by atoms with E-state index in [1.807, 2.05) is 12.1 Å². The van der Waals surface area contributed by atoms with Gasteiger partial charge in [0.1, 0.15) is 5.76 Å². The molecular formula is C8H8N2O2. The van der Waals surface area contributed by atoms with Crippen molar-refractivity contribution in [3.63, 3.8) is 0 Å². The first-order chi connectivity index (χ1) is 5.95. The molecule has 0 aliphatic carbocycles. The van der Waals surface area contributed by atoms with E-state index in [-0.39, 0.29) is 0 Å². The Hall–Kier alpha value is -1.71. The van der Waals surface area contributed by atoms with Gasteiger partial charge in [0.05, 0.1) is 18.7 Å². The number of aromatic nitrogens is 2. The third-order valence-electron chi connectivity index (χ3n) is 1.40. The maximum Gasteiger partial charge on any atom is 0.174 e. The SMILES string of the molecule is c1coc(COn2cccn2)c1. The van der Waals surface area contributed by atoms with Crippen LogP contribution in [0, 0.1) is 0 Å². The molecular weight excluding hydrogens is 156 g/mol. The van der Waals surface area contributed by atoms with E-state index in [9.17, 15) is 0 Å². The largest absolute Gasteiger partial charge is 0.466 e. The average Bonchev–Trinajstić information content (AvgIpc) is 2.74. The number of rotatable bonds is 3. The Balaban J connectivity index is 1.91. The fourth-order valence-electron chi connectivity index (χ4n) is 0.856. The molecule has 0 saturated carbocycles. The van der Waals surface area contributed by atoms with E-state index in [4.69, 9.17) is 9.25 Å². The third-order valence-corrected chi connectivity index (χ3v) is 1.40. The molecule has 2 aromatic heterocycles. The van der Waals surface area contributed by atoms with Gasteiger partial charge in [-0.25, -0.2) is 0 Å². The van der Waals surface area contributed by atoms with E-state index in [0.29, 0.717) is 6.61 Å². The zero-order valence-electron chi connectivity index (χ0n) is 6.38. The van der Waals surface area contributed by atoms with Crippen molar-refractivity contribution in [1.29, 1.82) is 0 Å². The minimum Gasteiger partial charge on any atom is -0.466 e. The van der Waals surface area contributed by atoms with Gasteiger partial charge in [-0.15, -0.1) is 9.94 Å². The molecule has 0 radical (unpaired) electrons. The summed E-state index contributed by atoms with van der Waals surface area (Å²) in [6.45, 7) is 0.397. The summed E-state index contributed by atoms with van der Waals surface area (Å²) in [6, 6.07) is 5.47. The van der Waals surface area contributed by atoms with Gasteiger partial charge in [0.25, 0.3) is 0 Å². The molecule has 2 aromatic rings. The summed E-state index contributed by atoms with van der Waals surface area (Å²) in [7, 11) is 0. The van der Waals surface area contributed by atoms with Crippen LogP contribution in [0.15, 0.2) is 41.3 Å². The monoisotopic (exact) mass is 164 g/mol. The summed E-state index contributed by atoms with van der Waals surface area (Å²) in [5, 5.41) is 3.87. The first-order valence-electron chi connectivity index (χ1n) is 3.60. The number of hydrogen-bond donors (Lipinski definition) is 0. The van der Waals surface area contributed by atoms with Crippen molar-refractivity contribution in [2.45, 2.75) is 6.61 Å². The summed E-state index contributed by atoms with van der Waals surface area (Å²) < 4.78 is 5.07. The molecule has 12 heavy (non-hydrogen) atoms. The Kier molecular flexibility index (Phi) is 1.82. The Labute approximate surface area is 69.3 Å². The Bertz CT molecular complexity index is 278. The molecule has 0 saturated heterocycles. The molecule has 4 heteroatoms. The number of furan rings is 1. The molecule has 2 heterocycles. The minimum absolute atomic E-state index is 0.397. The van der Waals surface area contributed by atoms with Gasteiger partial charge in [0.2, 0.25) is 0 Å². The molecule has 0 aliphatic rings. The first kappa shape index (κ1) is 6.97. The molecule has 4 nitrogen and oxygen atoms in total. The van der Waals surface area contributed by atoms with Crippen LogP contribution in [-0.2, 0) is 6.61 Å². The second-order valence-electron chi connectivity index (χ2n) is 2.26. The van der Waals surface area contributed by atoms with Crippen molar-refractivity contribution in [3.8, 4) is 0 Å². The van der Waals surface area contributed by atoms with Crippen molar-refractivity contribution in [2.24, 2.45) is 0 Å². The fraction of sp³-hybridized carbons (Fsp3) is 0.125. The van der Waals surface area contributed by atoms with Gasteiger partial charge in [0, 0.05) is 0 Å².